The van der Waals surface area contributed by atoms with Crippen molar-refractivity contribution in [3.63, 3.8) is 0 Å². The number of hydrogen-bond donors (Lipinski definition) is 0. The lowest BCUT2D eigenvalue weighted by molar-refractivity contribution is 0.631. The summed E-state index contributed by atoms with van der Waals surface area (Å²) in [5.74, 6) is 0.860. The van der Waals surface area contributed by atoms with Crippen molar-refractivity contribution >= 4 is 49.6 Å². The fourth-order valence-electron chi connectivity index (χ4n) is 6.81. The summed E-state index contributed by atoms with van der Waals surface area (Å²) in [6.07, 6.45) is 0. The first-order valence-electron chi connectivity index (χ1n) is 16.3. The van der Waals surface area contributed by atoms with E-state index >= 15 is 0 Å². The van der Waals surface area contributed by atoms with Gasteiger partial charge in [-0.2, -0.15) is 0 Å². The van der Waals surface area contributed by atoms with Gasteiger partial charge >= 0.3 is 0 Å². The first-order chi connectivity index (χ1) is 23.8. The van der Waals surface area contributed by atoms with Crippen LogP contribution in [0.2, 0.25) is 0 Å². The monoisotopic (exact) mass is 613 g/mol. The molecule has 0 bridgehead atoms. The maximum atomic E-state index is 6.26. The van der Waals surface area contributed by atoms with Crippen molar-refractivity contribution in [1.29, 1.82) is 0 Å². The zero-order chi connectivity index (χ0) is 31.9. The van der Waals surface area contributed by atoms with Crippen LogP contribution in [-0.2, 0) is 0 Å². The average Bonchev–Trinajstić information content (AvgIpc) is 3.60. The molecule has 0 amide bonds. The SMILES string of the molecule is c1cc(-c2cc3ccccc3o2)cc(N(c2ccc(-c3ccc(-c4cccc5ccccc45)cc3)cc2)c2ccc3ccccc3c2)c1. The van der Waals surface area contributed by atoms with E-state index in [1.807, 2.05) is 18.2 Å². The first-order valence-corrected chi connectivity index (χ1v) is 16.3. The van der Waals surface area contributed by atoms with Crippen LogP contribution in [0.3, 0.4) is 0 Å². The van der Waals surface area contributed by atoms with Crippen LogP contribution < -0.4 is 4.90 Å². The lowest BCUT2D eigenvalue weighted by atomic mass is 9.96. The molecule has 0 saturated heterocycles. The van der Waals surface area contributed by atoms with Crippen LogP contribution in [0.25, 0.3) is 66.1 Å². The second-order valence-electron chi connectivity index (χ2n) is 12.2. The Balaban J connectivity index is 1.09. The molecule has 2 heteroatoms. The van der Waals surface area contributed by atoms with E-state index < -0.39 is 0 Å². The van der Waals surface area contributed by atoms with Gasteiger partial charge in [0.2, 0.25) is 0 Å². The highest BCUT2D eigenvalue weighted by molar-refractivity contribution is 5.97. The van der Waals surface area contributed by atoms with Crippen LogP contribution in [-0.4, -0.2) is 0 Å². The van der Waals surface area contributed by atoms with Gasteiger partial charge in [0, 0.05) is 28.0 Å². The Morgan fingerprint density at radius 1 is 0.333 bits per heavy atom. The van der Waals surface area contributed by atoms with Crippen molar-refractivity contribution < 1.29 is 4.42 Å². The summed E-state index contributed by atoms with van der Waals surface area (Å²) in [5, 5.41) is 6.06. The molecule has 48 heavy (non-hydrogen) atoms. The van der Waals surface area contributed by atoms with Crippen LogP contribution in [0, 0.1) is 0 Å². The van der Waals surface area contributed by atoms with Crippen molar-refractivity contribution in [1.82, 2.24) is 0 Å². The smallest absolute Gasteiger partial charge is 0.135 e. The van der Waals surface area contributed by atoms with Crippen molar-refractivity contribution in [3.05, 3.63) is 188 Å². The largest absolute Gasteiger partial charge is 0.456 e. The van der Waals surface area contributed by atoms with Gasteiger partial charge in [0.05, 0.1) is 0 Å². The Kier molecular flexibility index (Phi) is 6.84. The highest BCUT2D eigenvalue weighted by Crippen LogP contribution is 2.39. The summed E-state index contributed by atoms with van der Waals surface area (Å²) in [6, 6.07) is 67.0. The zero-order valence-corrected chi connectivity index (χ0v) is 26.3. The van der Waals surface area contributed by atoms with Crippen molar-refractivity contribution in [3.8, 4) is 33.6 Å². The van der Waals surface area contributed by atoms with Gasteiger partial charge in [-0.3, -0.25) is 0 Å². The third-order valence-corrected chi connectivity index (χ3v) is 9.25. The van der Waals surface area contributed by atoms with Crippen LogP contribution in [0.1, 0.15) is 0 Å². The highest BCUT2D eigenvalue weighted by Gasteiger charge is 2.16. The quantitative estimate of drug-likeness (QED) is 0.185. The first kappa shape index (κ1) is 27.9. The Morgan fingerprint density at radius 3 is 1.75 bits per heavy atom. The van der Waals surface area contributed by atoms with Crippen molar-refractivity contribution in [2.75, 3.05) is 4.90 Å². The van der Waals surface area contributed by atoms with E-state index in [1.54, 1.807) is 0 Å². The van der Waals surface area contributed by atoms with E-state index in [0.717, 1.165) is 39.4 Å². The average molecular weight is 614 g/mol. The number of furan rings is 1. The lowest BCUT2D eigenvalue weighted by Crippen LogP contribution is -2.10. The lowest BCUT2D eigenvalue weighted by Gasteiger charge is -2.26. The molecular formula is C46H31NO. The van der Waals surface area contributed by atoms with E-state index in [4.69, 9.17) is 4.42 Å². The summed E-state index contributed by atoms with van der Waals surface area (Å²) in [7, 11) is 0. The maximum Gasteiger partial charge on any atom is 0.135 e. The molecule has 0 atom stereocenters. The molecule has 2 nitrogen and oxygen atoms in total. The third kappa shape index (κ3) is 5.10. The normalized spacial score (nSPS) is 11.3. The minimum atomic E-state index is 0.860. The molecule has 226 valence electrons. The van der Waals surface area contributed by atoms with E-state index in [1.165, 1.54) is 43.8 Å². The number of rotatable bonds is 6. The minimum Gasteiger partial charge on any atom is -0.456 e. The van der Waals surface area contributed by atoms with Gasteiger partial charge in [-0.05, 0) is 92.3 Å². The molecule has 0 aliphatic rings. The molecule has 0 unspecified atom stereocenters. The van der Waals surface area contributed by atoms with Crippen LogP contribution in [0.5, 0.6) is 0 Å². The van der Waals surface area contributed by atoms with Crippen LogP contribution >= 0.6 is 0 Å². The van der Waals surface area contributed by atoms with Gasteiger partial charge in [-0.15, -0.1) is 0 Å². The van der Waals surface area contributed by atoms with Gasteiger partial charge in [-0.25, -0.2) is 0 Å². The van der Waals surface area contributed by atoms with Crippen LogP contribution in [0.4, 0.5) is 17.1 Å². The molecule has 0 spiro atoms. The molecule has 9 rings (SSSR count). The van der Waals surface area contributed by atoms with E-state index in [9.17, 15) is 0 Å². The van der Waals surface area contributed by atoms with Gasteiger partial charge in [0.25, 0.3) is 0 Å². The maximum absolute atomic E-state index is 6.26. The molecule has 8 aromatic carbocycles. The van der Waals surface area contributed by atoms with Crippen LogP contribution in [0.15, 0.2) is 192 Å². The van der Waals surface area contributed by atoms with E-state index in [-0.39, 0.29) is 0 Å². The zero-order valence-electron chi connectivity index (χ0n) is 26.3. The second kappa shape index (κ2) is 11.8. The fourth-order valence-corrected chi connectivity index (χ4v) is 6.81. The number of benzene rings is 8. The topological polar surface area (TPSA) is 16.4 Å². The summed E-state index contributed by atoms with van der Waals surface area (Å²) in [4.78, 5) is 2.33. The Bertz CT molecular complexity index is 2520. The third-order valence-electron chi connectivity index (χ3n) is 9.25. The second-order valence-corrected chi connectivity index (χ2v) is 12.2. The number of para-hydroxylation sites is 1. The summed E-state index contributed by atoms with van der Waals surface area (Å²) in [5.41, 5.74) is 10.0. The van der Waals surface area contributed by atoms with Gasteiger partial charge in [-0.1, -0.05) is 140 Å². The predicted molar refractivity (Wildman–Crippen MR) is 202 cm³/mol. The van der Waals surface area contributed by atoms with Gasteiger partial charge < -0.3 is 9.32 Å². The molecule has 0 radical (unpaired) electrons. The highest BCUT2D eigenvalue weighted by atomic mass is 16.3. The predicted octanol–water partition coefficient (Wildman–Crippen LogP) is 13.2. The molecule has 1 heterocycles. The number of hydrogen-bond acceptors (Lipinski definition) is 2. The summed E-state index contributed by atoms with van der Waals surface area (Å²) in [6.45, 7) is 0. The summed E-state index contributed by atoms with van der Waals surface area (Å²) >= 11 is 0. The number of fused-ring (bicyclic) bond motifs is 3. The van der Waals surface area contributed by atoms with Gasteiger partial charge in [0.15, 0.2) is 0 Å². The molecule has 0 aliphatic heterocycles. The minimum absolute atomic E-state index is 0.860. The Morgan fingerprint density at radius 2 is 0.938 bits per heavy atom. The Labute approximate surface area is 279 Å². The Hall–Kier alpha value is -6.38. The standard InChI is InChI=1S/C46H31NO/c1-2-11-37-29-42(28-25-32(37)9-1)47(41-15-7-14-38(30-41)46-31-39-12-4-6-18-45(39)48-46)40-26-23-34(24-27-40)33-19-21-36(22-20-33)44-17-8-13-35-10-3-5-16-43(35)44/h1-31H. The molecule has 0 N–H and O–H groups in total. The van der Waals surface area contributed by atoms with E-state index in [0.29, 0.717) is 0 Å². The van der Waals surface area contributed by atoms with Crippen molar-refractivity contribution in [2.45, 2.75) is 0 Å². The van der Waals surface area contributed by atoms with Gasteiger partial charge in [0.1, 0.15) is 11.3 Å². The molecule has 1 aromatic heterocycles. The van der Waals surface area contributed by atoms with E-state index in [2.05, 4.69) is 175 Å². The summed E-state index contributed by atoms with van der Waals surface area (Å²) < 4.78 is 6.26. The molecular weight excluding hydrogens is 583 g/mol. The van der Waals surface area contributed by atoms with Crippen molar-refractivity contribution in [2.24, 2.45) is 0 Å². The number of anilines is 3. The molecule has 0 fully saturated rings. The molecule has 9 aromatic rings. The fraction of sp³-hybridized carbons (Fsp3) is 0. The molecule has 0 saturated carbocycles. The molecule has 0 aliphatic carbocycles. The number of nitrogens with zero attached hydrogens (tertiary/aromatic N) is 1.